The first-order chi connectivity index (χ1) is 7.75. The van der Waals surface area contributed by atoms with Crippen molar-refractivity contribution >= 4 is 17.2 Å². The number of carbonyl (C=O) groups is 1. The second kappa shape index (κ2) is 5.41. The Balaban J connectivity index is 1.69. The number of aromatic nitrogens is 1. The molecule has 4 nitrogen and oxygen atoms in total. The van der Waals surface area contributed by atoms with E-state index in [-0.39, 0.29) is 12.0 Å². The highest BCUT2D eigenvalue weighted by Crippen LogP contribution is 2.12. The molecule has 1 N–H and O–H groups in total. The summed E-state index contributed by atoms with van der Waals surface area (Å²) >= 11 is 1.64. The van der Waals surface area contributed by atoms with Gasteiger partial charge in [-0.25, -0.2) is 4.98 Å². The van der Waals surface area contributed by atoms with Gasteiger partial charge in [0.25, 0.3) is 0 Å². The van der Waals surface area contributed by atoms with Crippen molar-refractivity contribution in [1.82, 2.24) is 10.3 Å². The zero-order chi connectivity index (χ0) is 11.4. The van der Waals surface area contributed by atoms with Gasteiger partial charge < -0.3 is 10.1 Å². The maximum Gasteiger partial charge on any atom is 0.249 e. The van der Waals surface area contributed by atoms with Crippen molar-refractivity contribution in [3.8, 4) is 0 Å². The van der Waals surface area contributed by atoms with Gasteiger partial charge in [0, 0.05) is 25.0 Å². The highest BCUT2D eigenvalue weighted by molar-refractivity contribution is 7.09. The topological polar surface area (TPSA) is 51.2 Å². The van der Waals surface area contributed by atoms with Crippen LogP contribution >= 0.6 is 11.3 Å². The summed E-state index contributed by atoms with van der Waals surface area (Å²) in [6, 6.07) is 0. The molecule has 0 unspecified atom stereocenters. The molecule has 1 aromatic heterocycles. The Hall–Kier alpha value is -0.940. The quantitative estimate of drug-likeness (QED) is 0.862. The van der Waals surface area contributed by atoms with Crippen LogP contribution in [0.5, 0.6) is 0 Å². The summed E-state index contributed by atoms with van der Waals surface area (Å²) < 4.78 is 5.30. The SMILES string of the molecule is Cc1nc(CCNC(=O)[C@@H]2CCCO2)cs1. The van der Waals surface area contributed by atoms with Gasteiger partial charge in [-0.3, -0.25) is 4.79 Å². The summed E-state index contributed by atoms with van der Waals surface area (Å²) in [5.41, 5.74) is 1.05. The van der Waals surface area contributed by atoms with E-state index in [4.69, 9.17) is 4.74 Å². The molecule has 1 amide bonds. The van der Waals surface area contributed by atoms with Crippen molar-refractivity contribution < 1.29 is 9.53 Å². The van der Waals surface area contributed by atoms with Gasteiger partial charge in [-0.2, -0.15) is 0 Å². The van der Waals surface area contributed by atoms with Gasteiger partial charge in [-0.1, -0.05) is 0 Å². The molecule has 0 saturated carbocycles. The molecule has 0 spiro atoms. The first-order valence-corrected chi connectivity index (χ1v) is 6.44. The van der Waals surface area contributed by atoms with E-state index in [1.54, 1.807) is 11.3 Å². The highest BCUT2D eigenvalue weighted by Gasteiger charge is 2.22. The maximum atomic E-state index is 11.6. The predicted octanol–water partition coefficient (Wildman–Crippen LogP) is 1.29. The van der Waals surface area contributed by atoms with Crippen LogP contribution in [0.3, 0.4) is 0 Å². The first-order valence-electron chi connectivity index (χ1n) is 5.56. The standard InChI is InChI=1S/C11H16N2O2S/c1-8-13-9(7-16-8)4-5-12-11(14)10-3-2-6-15-10/h7,10H,2-6H2,1H3,(H,12,14)/t10-/m0/s1. The van der Waals surface area contributed by atoms with Crippen molar-refractivity contribution in [2.75, 3.05) is 13.2 Å². The lowest BCUT2D eigenvalue weighted by molar-refractivity contribution is -0.129. The van der Waals surface area contributed by atoms with Crippen LogP contribution in [-0.4, -0.2) is 30.1 Å². The number of rotatable bonds is 4. The van der Waals surface area contributed by atoms with E-state index in [1.165, 1.54) is 0 Å². The van der Waals surface area contributed by atoms with E-state index in [9.17, 15) is 4.79 Å². The van der Waals surface area contributed by atoms with Gasteiger partial charge in [-0.05, 0) is 19.8 Å². The normalized spacial score (nSPS) is 19.9. The average molecular weight is 240 g/mol. The molecule has 1 atom stereocenters. The Labute approximate surface area is 99.0 Å². The molecule has 1 saturated heterocycles. The molecular formula is C11H16N2O2S. The molecule has 1 aliphatic rings. The van der Waals surface area contributed by atoms with Crippen LogP contribution < -0.4 is 5.32 Å². The van der Waals surface area contributed by atoms with Crippen LogP contribution in [0.1, 0.15) is 23.5 Å². The molecule has 88 valence electrons. The zero-order valence-electron chi connectivity index (χ0n) is 9.36. The third-order valence-electron chi connectivity index (χ3n) is 2.57. The number of hydrogen-bond donors (Lipinski definition) is 1. The molecule has 0 aliphatic carbocycles. The van der Waals surface area contributed by atoms with Gasteiger partial charge in [0.2, 0.25) is 5.91 Å². The van der Waals surface area contributed by atoms with Crippen LogP contribution in [0.4, 0.5) is 0 Å². The largest absolute Gasteiger partial charge is 0.368 e. The van der Waals surface area contributed by atoms with Crippen molar-refractivity contribution in [2.24, 2.45) is 0 Å². The lowest BCUT2D eigenvalue weighted by atomic mass is 10.2. The number of aryl methyl sites for hydroxylation is 1. The second-order valence-corrected chi connectivity index (χ2v) is 4.96. The van der Waals surface area contributed by atoms with Crippen LogP contribution in [0.2, 0.25) is 0 Å². The average Bonchev–Trinajstić information content (AvgIpc) is 2.89. The van der Waals surface area contributed by atoms with Crippen LogP contribution in [-0.2, 0) is 16.0 Å². The van der Waals surface area contributed by atoms with Gasteiger partial charge in [0.15, 0.2) is 0 Å². The molecule has 5 heteroatoms. The number of nitrogens with one attached hydrogen (secondary N) is 1. The molecule has 2 heterocycles. The van der Waals surface area contributed by atoms with Crippen LogP contribution in [0, 0.1) is 6.92 Å². The fourth-order valence-electron chi connectivity index (χ4n) is 1.74. The number of carbonyl (C=O) groups excluding carboxylic acids is 1. The number of thiazole rings is 1. The molecular weight excluding hydrogens is 224 g/mol. The van der Waals surface area contributed by atoms with E-state index in [0.29, 0.717) is 13.2 Å². The lowest BCUT2D eigenvalue weighted by Gasteiger charge is -2.09. The van der Waals surface area contributed by atoms with Crippen molar-refractivity contribution in [3.63, 3.8) is 0 Å². The van der Waals surface area contributed by atoms with E-state index in [1.807, 2.05) is 12.3 Å². The van der Waals surface area contributed by atoms with E-state index in [2.05, 4.69) is 10.3 Å². The Morgan fingerprint density at radius 1 is 1.75 bits per heavy atom. The van der Waals surface area contributed by atoms with Crippen molar-refractivity contribution in [3.05, 3.63) is 16.1 Å². The van der Waals surface area contributed by atoms with Gasteiger partial charge >= 0.3 is 0 Å². The number of nitrogens with zero attached hydrogens (tertiary/aromatic N) is 1. The maximum absolute atomic E-state index is 11.6. The molecule has 0 aromatic carbocycles. The molecule has 0 radical (unpaired) electrons. The van der Waals surface area contributed by atoms with Crippen LogP contribution in [0.25, 0.3) is 0 Å². The molecule has 1 aromatic rings. The Morgan fingerprint density at radius 2 is 2.62 bits per heavy atom. The van der Waals surface area contributed by atoms with Gasteiger partial charge in [-0.15, -0.1) is 11.3 Å². The van der Waals surface area contributed by atoms with Crippen molar-refractivity contribution in [1.29, 1.82) is 0 Å². The minimum absolute atomic E-state index is 0.0180. The molecule has 1 aliphatic heterocycles. The Bertz CT molecular complexity index is 359. The predicted molar refractivity (Wildman–Crippen MR) is 62.5 cm³/mol. The van der Waals surface area contributed by atoms with E-state index < -0.39 is 0 Å². The fraction of sp³-hybridized carbons (Fsp3) is 0.636. The number of hydrogen-bond acceptors (Lipinski definition) is 4. The van der Waals surface area contributed by atoms with E-state index >= 15 is 0 Å². The number of amides is 1. The fourth-order valence-corrected chi connectivity index (χ4v) is 2.38. The van der Waals surface area contributed by atoms with Crippen LogP contribution in [0.15, 0.2) is 5.38 Å². The molecule has 16 heavy (non-hydrogen) atoms. The monoisotopic (exact) mass is 240 g/mol. The summed E-state index contributed by atoms with van der Waals surface area (Å²) in [5.74, 6) is 0.0180. The Kier molecular flexibility index (Phi) is 3.90. The Morgan fingerprint density at radius 3 is 3.25 bits per heavy atom. The highest BCUT2D eigenvalue weighted by atomic mass is 32.1. The van der Waals surface area contributed by atoms with Crippen molar-refractivity contribution in [2.45, 2.75) is 32.3 Å². The summed E-state index contributed by atoms with van der Waals surface area (Å²) in [7, 11) is 0. The minimum Gasteiger partial charge on any atom is -0.368 e. The second-order valence-electron chi connectivity index (χ2n) is 3.90. The van der Waals surface area contributed by atoms with Gasteiger partial charge in [0.05, 0.1) is 10.7 Å². The number of ether oxygens (including phenoxy) is 1. The molecule has 1 fully saturated rings. The summed E-state index contributed by atoms with van der Waals surface area (Å²) in [4.78, 5) is 15.9. The molecule has 2 rings (SSSR count). The van der Waals surface area contributed by atoms with Gasteiger partial charge in [0.1, 0.15) is 6.10 Å². The summed E-state index contributed by atoms with van der Waals surface area (Å²) in [5, 5.41) is 5.99. The summed E-state index contributed by atoms with van der Waals surface area (Å²) in [6.45, 7) is 3.34. The summed E-state index contributed by atoms with van der Waals surface area (Å²) in [6.07, 6.45) is 2.41. The minimum atomic E-state index is -0.225. The lowest BCUT2D eigenvalue weighted by Crippen LogP contribution is -2.35. The third kappa shape index (κ3) is 3.02. The van der Waals surface area contributed by atoms with E-state index in [0.717, 1.165) is 30.0 Å². The zero-order valence-corrected chi connectivity index (χ0v) is 10.2. The smallest absolute Gasteiger partial charge is 0.249 e. The molecule has 0 bridgehead atoms. The first kappa shape index (κ1) is 11.5. The third-order valence-corrected chi connectivity index (χ3v) is 3.39.